The Labute approximate surface area is 178 Å². The molecule has 0 radical (unpaired) electrons. The van der Waals surface area contributed by atoms with Crippen LogP contribution in [0.25, 0.3) is 10.8 Å². The molecule has 0 saturated carbocycles. The van der Waals surface area contributed by atoms with Crippen LogP contribution in [0.15, 0.2) is 51.1 Å². The molecule has 30 heavy (non-hydrogen) atoms. The van der Waals surface area contributed by atoms with Crippen LogP contribution < -0.4 is 5.32 Å². The van der Waals surface area contributed by atoms with E-state index in [-0.39, 0.29) is 17.2 Å². The van der Waals surface area contributed by atoms with Gasteiger partial charge in [-0.25, -0.2) is 13.4 Å². The van der Waals surface area contributed by atoms with Gasteiger partial charge in [-0.2, -0.15) is 4.31 Å². The molecule has 1 N–H and O–H groups in total. The van der Waals surface area contributed by atoms with Gasteiger partial charge in [-0.3, -0.25) is 4.79 Å². The molecule has 158 valence electrons. The number of sulfonamides is 1. The average molecular weight is 448 g/mol. The summed E-state index contributed by atoms with van der Waals surface area (Å²) in [6.07, 6.45) is 0.0640. The second-order valence-corrected chi connectivity index (χ2v) is 9.65. The van der Waals surface area contributed by atoms with Gasteiger partial charge in [0.1, 0.15) is 5.76 Å². The molecule has 1 aliphatic rings. The number of carbonyl (C=O) groups is 1. The summed E-state index contributed by atoms with van der Waals surface area (Å²) in [7, 11) is -3.56. The van der Waals surface area contributed by atoms with Crippen molar-refractivity contribution >= 4 is 33.0 Å². The lowest BCUT2D eigenvalue weighted by Gasteiger charge is -2.26. The van der Waals surface area contributed by atoms with Gasteiger partial charge >= 0.3 is 0 Å². The Balaban J connectivity index is 1.40. The Morgan fingerprint density at radius 2 is 1.93 bits per heavy atom. The highest BCUT2D eigenvalue weighted by atomic mass is 32.2. The third-order valence-electron chi connectivity index (χ3n) is 4.70. The minimum atomic E-state index is -3.56. The zero-order valence-electron chi connectivity index (χ0n) is 16.3. The number of thiophene rings is 1. The molecule has 0 bridgehead atoms. The van der Waals surface area contributed by atoms with Crippen molar-refractivity contribution in [1.82, 2.24) is 9.29 Å². The van der Waals surface area contributed by atoms with E-state index in [4.69, 9.17) is 9.15 Å². The van der Waals surface area contributed by atoms with Crippen LogP contribution in [-0.2, 0) is 26.0 Å². The fraction of sp³-hybridized carbons (Fsp3) is 0.300. The topological polar surface area (TPSA) is 102 Å². The Kier molecular flexibility index (Phi) is 6.00. The molecule has 8 nitrogen and oxygen atoms in total. The number of nitrogens with zero attached hydrogens (tertiary/aromatic N) is 2. The largest absolute Gasteiger partial charge is 0.440 e. The van der Waals surface area contributed by atoms with Crippen molar-refractivity contribution < 1.29 is 22.4 Å². The molecular formula is C20H21N3O5S2. The minimum Gasteiger partial charge on any atom is -0.440 e. The quantitative estimate of drug-likeness (QED) is 0.623. The van der Waals surface area contributed by atoms with E-state index in [0.717, 1.165) is 4.88 Å². The van der Waals surface area contributed by atoms with E-state index in [2.05, 4.69) is 10.3 Å². The summed E-state index contributed by atoms with van der Waals surface area (Å²) in [6.45, 7) is 3.24. The first kappa shape index (κ1) is 20.7. The van der Waals surface area contributed by atoms with Gasteiger partial charge in [-0.1, -0.05) is 6.07 Å². The van der Waals surface area contributed by atoms with Gasteiger partial charge in [0.25, 0.3) is 0 Å². The van der Waals surface area contributed by atoms with Gasteiger partial charge in [0.15, 0.2) is 0 Å². The van der Waals surface area contributed by atoms with Crippen molar-refractivity contribution in [3.8, 4) is 10.8 Å². The maximum Gasteiger partial charge on any atom is 0.243 e. The highest BCUT2D eigenvalue weighted by Gasteiger charge is 2.26. The number of hydrogen-bond acceptors (Lipinski definition) is 7. The monoisotopic (exact) mass is 447 g/mol. The van der Waals surface area contributed by atoms with E-state index in [9.17, 15) is 13.2 Å². The Bertz CT molecular complexity index is 1120. The first-order valence-corrected chi connectivity index (χ1v) is 11.7. The first-order chi connectivity index (χ1) is 14.4. The number of anilines is 1. The lowest BCUT2D eigenvalue weighted by Crippen LogP contribution is -2.40. The smallest absolute Gasteiger partial charge is 0.243 e. The molecule has 1 aliphatic heterocycles. The molecule has 4 rings (SSSR count). The maximum absolute atomic E-state index is 12.7. The number of amides is 1. The number of aromatic nitrogens is 1. The summed E-state index contributed by atoms with van der Waals surface area (Å²) in [5.41, 5.74) is 1.09. The summed E-state index contributed by atoms with van der Waals surface area (Å²) in [6, 6.07) is 9.98. The number of nitrogens with one attached hydrogen (secondary N) is 1. The number of carbonyl (C=O) groups excluding carboxylic acids is 1. The third-order valence-corrected chi connectivity index (χ3v) is 7.47. The van der Waals surface area contributed by atoms with Crippen molar-refractivity contribution in [2.75, 3.05) is 31.6 Å². The first-order valence-electron chi connectivity index (χ1n) is 9.41. The fourth-order valence-electron chi connectivity index (χ4n) is 3.10. The molecule has 0 unspecified atom stereocenters. The highest BCUT2D eigenvalue weighted by Crippen LogP contribution is 2.26. The van der Waals surface area contributed by atoms with Gasteiger partial charge < -0.3 is 14.5 Å². The number of rotatable bonds is 6. The Hall–Kier alpha value is -2.53. The van der Waals surface area contributed by atoms with Crippen molar-refractivity contribution in [2.24, 2.45) is 0 Å². The SMILES string of the molecule is Cc1oc(-c2cccs2)nc1CC(=O)Nc1ccc(S(=O)(=O)N2CCOCC2)cc1. The number of oxazole rings is 1. The Morgan fingerprint density at radius 3 is 2.60 bits per heavy atom. The second-order valence-electron chi connectivity index (χ2n) is 6.76. The summed E-state index contributed by atoms with van der Waals surface area (Å²) in [4.78, 5) is 17.9. The second kappa shape index (κ2) is 8.68. The predicted octanol–water partition coefficient (Wildman–Crippen LogP) is 2.91. The van der Waals surface area contributed by atoms with Gasteiger partial charge in [-0.05, 0) is 42.6 Å². The van der Waals surface area contributed by atoms with E-state index in [0.29, 0.717) is 49.3 Å². The van der Waals surface area contributed by atoms with Crippen molar-refractivity contribution in [1.29, 1.82) is 0 Å². The zero-order valence-corrected chi connectivity index (χ0v) is 18.0. The predicted molar refractivity (Wildman–Crippen MR) is 113 cm³/mol. The number of morpholine rings is 1. The molecule has 2 aromatic heterocycles. The lowest BCUT2D eigenvalue weighted by molar-refractivity contribution is -0.115. The van der Waals surface area contributed by atoms with E-state index >= 15 is 0 Å². The van der Waals surface area contributed by atoms with Crippen LogP contribution >= 0.6 is 11.3 Å². The van der Waals surface area contributed by atoms with E-state index in [1.807, 2.05) is 17.5 Å². The molecule has 0 spiro atoms. The van der Waals surface area contributed by atoms with Crippen LogP contribution in [0.4, 0.5) is 5.69 Å². The summed E-state index contributed by atoms with van der Waals surface area (Å²) in [5.74, 6) is 0.844. The number of benzene rings is 1. The van der Waals surface area contributed by atoms with Gasteiger partial charge in [0.2, 0.25) is 21.8 Å². The minimum absolute atomic E-state index is 0.0640. The molecule has 1 aromatic carbocycles. The van der Waals surface area contributed by atoms with E-state index in [1.54, 1.807) is 19.1 Å². The van der Waals surface area contributed by atoms with Crippen LogP contribution in [0.3, 0.4) is 0 Å². The van der Waals surface area contributed by atoms with E-state index < -0.39 is 10.0 Å². The van der Waals surface area contributed by atoms with Gasteiger partial charge in [0.05, 0.1) is 35.1 Å². The van der Waals surface area contributed by atoms with Crippen LogP contribution in [0.5, 0.6) is 0 Å². The molecule has 0 atom stereocenters. The number of aryl methyl sites for hydroxylation is 1. The third kappa shape index (κ3) is 4.46. The fourth-order valence-corrected chi connectivity index (χ4v) is 5.16. The summed E-state index contributed by atoms with van der Waals surface area (Å²) < 4.78 is 37.6. The number of hydrogen-bond donors (Lipinski definition) is 1. The van der Waals surface area contributed by atoms with Crippen molar-refractivity contribution in [3.63, 3.8) is 0 Å². The Morgan fingerprint density at radius 1 is 1.20 bits per heavy atom. The van der Waals surface area contributed by atoms with Crippen molar-refractivity contribution in [3.05, 3.63) is 53.2 Å². The summed E-state index contributed by atoms with van der Waals surface area (Å²) >= 11 is 1.52. The van der Waals surface area contributed by atoms with Crippen LogP contribution in [-0.4, -0.2) is 49.9 Å². The maximum atomic E-state index is 12.7. The molecule has 1 saturated heterocycles. The zero-order chi connectivity index (χ0) is 21.1. The highest BCUT2D eigenvalue weighted by molar-refractivity contribution is 7.89. The molecule has 3 aromatic rings. The molecule has 0 aliphatic carbocycles. The van der Waals surface area contributed by atoms with Crippen LogP contribution in [0.1, 0.15) is 11.5 Å². The van der Waals surface area contributed by atoms with Crippen LogP contribution in [0, 0.1) is 6.92 Å². The van der Waals surface area contributed by atoms with Crippen LogP contribution in [0.2, 0.25) is 0 Å². The molecule has 1 amide bonds. The summed E-state index contributed by atoms with van der Waals surface area (Å²) in [5, 5.41) is 4.71. The normalized spacial score (nSPS) is 15.2. The molecule has 3 heterocycles. The standard InChI is InChI=1S/C20H21N3O5S2/c1-14-17(22-20(28-14)18-3-2-12-29-18)13-19(24)21-15-4-6-16(7-5-15)30(25,26)23-8-10-27-11-9-23/h2-7,12H,8-11,13H2,1H3,(H,21,24). The van der Waals surface area contributed by atoms with E-state index in [1.165, 1.54) is 27.8 Å². The average Bonchev–Trinajstić information content (AvgIpc) is 3.39. The molecule has 1 fully saturated rings. The van der Waals surface area contributed by atoms with Crippen molar-refractivity contribution in [2.45, 2.75) is 18.2 Å². The lowest BCUT2D eigenvalue weighted by atomic mass is 10.2. The van der Waals surface area contributed by atoms with Gasteiger partial charge in [-0.15, -0.1) is 11.3 Å². The molecular weight excluding hydrogens is 426 g/mol. The van der Waals surface area contributed by atoms with Gasteiger partial charge in [0, 0.05) is 18.8 Å². The number of ether oxygens (including phenoxy) is 1. The molecule has 10 heteroatoms.